The molecule has 4 rings (SSSR count). The monoisotopic (exact) mass is 486 g/mol. The molecule has 0 unspecified atom stereocenters. The van der Waals surface area contributed by atoms with Crippen molar-refractivity contribution in [3.05, 3.63) is 100.0 Å². The second-order valence-electron chi connectivity index (χ2n) is 7.94. The maximum atomic E-state index is 13.0. The van der Waals surface area contributed by atoms with Crippen LogP contribution in [0.3, 0.4) is 0 Å². The number of hydrogen-bond acceptors (Lipinski definition) is 3. The Hall–Kier alpha value is -3.32. The summed E-state index contributed by atoms with van der Waals surface area (Å²) in [4.78, 5) is 17.6. The first-order chi connectivity index (χ1) is 16.2. The highest BCUT2D eigenvalue weighted by molar-refractivity contribution is 6.30. The van der Waals surface area contributed by atoms with Gasteiger partial charge in [0.25, 0.3) is 0 Å². The summed E-state index contributed by atoms with van der Waals surface area (Å²) in [5.41, 5.74) is 4.95. The molecule has 0 saturated carbocycles. The van der Waals surface area contributed by atoms with Crippen LogP contribution in [0.2, 0.25) is 5.02 Å². The number of ketones is 1. The topological polar surface area (TPSA) is 43.6 Å². The van der Waals surface area contributed by atoms with Crippen LogP contribution in [0.1, 0.15) is 46.2 Å². The van der Waals surface area contributed by atoms with Crippen molar-refractivity contribution in [2.24, 2.45) is 0 Å². The summed E-state index contributed by atoms with van der Waals surface area (Å²) < 4.78 is 42.5. The third kappa shape index (κ3) is 5.78. The molecule has 0 aliphatic heterocycles. The fourth-order valence-electron chi connectivity index (χ4n) is 3.85. The van der Waals surface area contributed by atoms with Crippen molar-refractivity contribution in [1.82, 2.24) is 9.38 Å². The van der Waals surface area contributed by atoms with Crippen LogP contribution in [-0.2, 0) is 19.3 Å². The third-order valence-corrected chi connectivity index (χ3v) is 5.71. The lowest BCUT2D eigenvalue weighted by Crippen LogP contribution is -2.17. The first-order valence-electron chi connectivity index (χ1n) is 10.8. The maximum absolute atomic E-state index is 13.0. The number of carbonyl (C=O) groups excluding carboxylic acids is 1. The number of fused-ring (bicyclic) bond motifs is 1. The fraction of sp³-hybridized carbons (Fsp3) is 0.231. The molecule has 4 aromatic rings. The van der Waals surface area contributed by atoms with Crippen LogP contribution >= 0.6 is 11.6 Å². The highest BCUT2D eigenvalue weighted by Gasteiger charge is 2.30. The number of benzene rings is 2. The number of Topliss-reactive ketones (excluding diaryl/α,β-unsaturated/α-hetero) is 1. The van der Waals surface area contributed by atoms with E-state index in [0.29, 0.717) is 42.0 Å². The Morgan fingerprint density at radius 1 is 0.971 bits per heavy atom. The van der Waals surface area contributed by atoms with E-state index in [1.54, 1.807) is 34.9 Å². The Morgan fingerprint density at radius 2 is 1.59 bits per heavy atom. The summed E-state index contributed by atoms with van der Waals surface area (Å²) in [6, 6.07) is 17.3. The average molecular weight is 487 g/mol. The summed E-state index contributed by atoms with van der Waals surface area (Å²) >= 11 is 6.12. The molecule has 176 valence electrons. The molecule has 0 spiro atoms. The van der Waals surface area contributed by atoms with Gasteiger partial charge in [-0.2, -0.15) is 0 Å². The van der Waals surface area contributed by atoms with Gasteiger partial charge >= 0.3 is 6.36 Å². The van der Waals surface area contributed by atoms with Crippen LogP contribution in [0.5, 0.6) is 5.75 Å². The van der Waals surface area contributed by atoms with Gasteiger partial charge in [0.05, 0.1) is 10.7 Å². The van der Waals surface area contributed by atoms with E-state index >= 15 is 0 Å². The molecule has 8 heteroatoms. The Morgan fingerprint density at radius 3 is 2.21 bits per heavy atom. The first kappa shape index (κ1) is 23.8. The van der Waals surface area contributed by atoms with Gasteiger partial charge in [-0.25, -0.2) is 4.98 Å². The van der Waals surface area contributed by atoms with Gasteiger partial charge in [0.15, 0.2) is 5.78 Å². The van der Waals surface area contributed by atoms with Gasteiger partial charge in [-0.05, 0) is 60.2 Å². The van der Waals surface area contributed by atoms with Crippen LogP contribution in [0.15, 0.2) is 66.9 Å². The van der Waals surface area contributed by atoms with Crippen LogP contribution in [0.25, 0.3) is 5.65 Å². The number of halogens is 4. The lowest BCUT2D eigenvalue weighted by Gasteiger charge is -2.09. The quantitative estimate of drug-likeness (QED) is 0.256. The number of nitrogens with zero attached hydrogens (tertiary/aromatic N) is 2. The zero-order valence-electron chi connectivity index (χ0n) is 18.4. The average Bonchev–Trinajstić information content (AvgIpc) is 3.16. The minimum absolute atomic E-state index is 0.0110. The third-order valence-electron chi connectivity index (χ3n) is 5.48. The molecule has 0 bridgehead atoms. The Kier molecular flexibility index (Phi) is 6.93. The number of aromatic nitrogens is 2. The molecule has 2 heterocycles. The molecule has 0 atom stereocenters. The van der Waals surface area contributed by atoms with Gasteiger partial charge in [-0.3, -0.25) is 9.20 Å². The summed E-state index contributed by atoms with van der Waals surface area (Å²) in [7, 11) is 0. The molecule has 0 saturated heterocycles. The molecule has 0 amide bonds. The molecule has 0 radical (unpaired) electrons. The maximum Gasteiger partial charge on any atom is 0.573 e. The SMILES string of the molecule is CCc1nc2ccc(Cl)cn2c1C(=O)CCc1ccc(Cc2ccc(OC(F)(F)F)cc2)cc1. The van der Waals surface area contributed by atoms with Gasteiger partial charge in [0.2, 0.25) is 0 Å². The van der Waals surface area contributed by atoms with Gasteiger partial charge in [0, 0.05) is 12.6 Å². The molecule has 0 aliphatic rings. The number of aryl methyl sites for hydroxylation is 2. The molecule has 0 N–H and O–H groups in total. The number of hydrogen-bond donors (Lipinski definition) is 0. The fourth-order valence-corrected chi connectivity index (χ4v) is 4.01. The van der Waals surface area contributed by atoms with Crippen molar-refractivity contribution in [1.29, 1.82) is 0 Å². The molecule has 0 fully saturated rings. The van der Waals surface area contributed by atoms with Gasteiger partial charge in [-0.1, -0.05) is 54.9 Å². The summed E-state index contributed by atoms with van der Waals surface area (Å²) in [6.07, 6.45) is -0.832. The van der Waals surface area contributed by atoms with Crippen molar-refractivity contribution >= 4 is 23.0 Å². The minimum Gasteiger partial charge on any atom is -0.406 e. The smallest absolute Gasteiger partial charge is 0.406 e. The molecule has 0 aliphatic carbocycles. The van der Waals surface area contributed by atoms with E-state index < -0.39 is 6.36 Å². The number of pyridine rings is 1. The zero-order valence-corrected chi connectivity index (χ0v) is 19.2. The lowest BCUT2D eigenvalue weighted by molar-refractivity contribution is -0.274. The van der Waals surface area contributed by atoms with Crippen molar-refractivity contribution < 1.29 is 22.7 Å². The summed E-state index contributed by atoms with van der Waals surface area (Å²) in [5, 5.41) is 0.541. The van der Waals surface area contributed by atoms with E-state index in [4.69, 9.17) is 11.6 Å². The molecule has 2 aromatic heterocycles. The molecule has 34 heavy (non-hydrogen) atoms. The standard InChI is InChI=1S/C26H22ClF3N2O2/c1-2-22-25(32-16-20(27)10-14-24(32)31-22)23(33)13-9-17-3-5-18(6-4-17)15-19-7-11-21(12-8-19)34-26(28,29)30/h3-8,10-12,14,16H,2,9,13,15H2,1H3. The number of ether oxygens (including phenoxy) is 1. The van der Waals surface area contributed by atoms with E-state index in [1.807, 2.05) is 31.2 Å². The second-order valence-corrected chi connectivity index (χ2v) is 8.38. The van der Waals surface area contributed by atoms with Crippen molar-refractivity contribution in [2.75, 3.05) is 0 Å². The van der Waals surface area contributed by atoms with Crippen molar-refractivity contribution in [3.8, 4) is 5.75 Å². The molecular formula is C26H22ClF3N2O2. The summed E-state index contributed by atoms with van der Waals surface area (Å²) in [6.45, 7) is 1.97. The van der Waals surface area contributed by atoms with Crippen LogP contribution in [-0.4, -0.2) is 21.5 Å². The zero-order chi connectivity index (χ0) is 24.3. The number of carbonyl (C=O) groups is 1. The molecule has 2 aromatic carbocycles. The van der Waals surface area contributed by atoms with Gasteiger partial charge in [0.1, 0.15) is 17.1 Å². The van der Waals surface area contributed by atoms with Gasteiger partial charge < -0.3 is 4.74 Å². The minimum atomic E-state index is -4.70. The van der Waals surface area contributed by atoms with Crippen molar-refractivity contribution in [2.45, 2.75) is 39.0 Å². The lowest BCUT2D eigenvalue weighted by atomic mass is 10.0. The molecular weight excluding hydrogens is 465 g/mol. The van der Waals surface area contributed by atoms with E-state index in [1.165, 1.54) is 12.1 Å². The first-order valence-corrected chi connectivity index (χ1v) is 11.2. The van der Waals surface area contributed by atoms with E-state index in [-0.39, 0.29) is 11.5 Å². The predicted molar refractivity (Wildman–Crippen MR) is 125 cm³/mol. The number of rotatable bonds is 8. The van der Waals surface area contributed by atoms with Crippen molar-refractivity contribution in [3.63, 3.8) is 0 Å². The second kappa shape index (κ2) is 9.89. The van der Waals surface area contributed by atoms with Gasteiger partial charge in [-0.15, -0.1) is 13.2 Å². The normalized spacial score (nSPS) is 11.7. The molecule has 4 nitrogen and oxygen atoms in total. The van der Waals surface area contributed by atoms with E-state index in [2.05, 4.69) is 9.72 Å². The van der Waals surface area contributed by atoms with Crippen LogP contribution < -0.4 is 4.74 Å². The predicted octanol–water partition coefficient (Wildman–Crippen LogP) is 6.86. The number of imidazole rings is 1. The van der Waals surface area contributed by atoms with E-state index in [0.717, 1.165) is 22.4 Å². The Balaban J connectivity index is 1.38. The van der Waals surface area contributed by atoms with Crippen LogP contribution in [0.4, 0.5) is 13.2 Å². The highest BCUT2D eigenvalue weighted by Crippen LogP contribution is 2.24. The highest BCUT2D eigenvalue weighted by atomic mass is 35.5. The summed E-state index contributed by atoms with van der Waals surface area (Å²) in [5.74, 6) is -0.229. The Bertz CT molecular complexity index is 1300. The Labute approximate surface area is 200 Å². The largest absolute Gasteiger partial charge is 0.573 e. The number of alkyl halides is 3. The van der Waals surface area contributed by atoms with Crippen LogP contribution in [0, 0.1) is 0 Å². The van der Waals surface area contributed by atoms with E-state index in [9.17, 15) is 18.0 Å².